The molecule has 0 amide bonds. The van der Waals surface area contributed by atoms with E-state index in [1.807, 2.05) is 18.4 Å². The van der Waals surface area contributed by atoms with Crippen LogP contribution in [-0.4, -0.2) is 11.2 Å². The molecule has 2 aromatic rings. The summed E-state index contributed by atoms with van der Waals surface area (Å²) in [5, 5.41) is 16.0. The lowest BCUT2D eigenvalue weighted by molar-refractivity contribution is -0.384. The molecule has 1 N–H and O–H groups in total. The van der Waals surface area contributed by atoms with Crippen LogP contribution >= 0.6 is 11.3 Å². The second-order valence-corrected chi connectivity index (χ2v) is 5.03. The van der Waals surface area contributed by atoms with Crippen molar-refractivity contribution in [3.8, 4) is 0 Å². The van der Waals surface area contributed by atoms with Crippen LogP contribution in [0.4, 0.5) is 11.4 Å². The number of nitrogens with zero attached hydrogens (tertiary/aromatic N) is 1. The van der Waals surface area contributed by atoms with Crippen molar-refractivity contribution in [3.63, 3.8) is 0 Å². The minimum Gasteiger partial charge on any atom is -0.375 e. The first kappa shape index (κ1) is 13.2. The van der Waals surface area contributed by atoms with Crippen molar-refractivity contribution in [1.82, 2.24) is 0 Å². The third-order valence-electron chi connectivity index (χ3n) is 2.76. The Bertz CT molecular complexity index is 622. The van der Waals surface area contributed by atoms with Gasteiger partial charge in [0, 0.05) is 23.1 Å². The van der Waals surface area contributed by atoms with Gasteiger partial charge < -0.3 is 5.32 Å². The average Bonchev–Trinajstić information content (AvgIpc) is 2.81. The molecule has 0 aliphatic carbocycles. The number of anilines is 1. The normalized spacial score (nSPS) is 10.2. The summed E-state index contributed by atoms with van der Waals surface area (Å²) >= 11 is 1.60. The van der Waals surface area contributed by atoms with Gasteiger partial charge in [-0.15, -0.1) is 11.3 Å². The van der Waals surface area contributed by atoms with E-state index in [-0.39, 0.29) is 5.69 Å². The Balaban J connectivity index is 2.22. The summed E-state index contributed by atoms with van der Waals surface area (Å²) in [5.41, 5.74) is 1.79. The van der Waals surface area contributed by atoms with Gasteiger partial charge in [-0.05, 0) is 36.1 Å². The minimum atomic E-state index is -0.489. The van der Waals surface area contributed by atoms with Crippen LogP contribution < -0.4 is 5.32 Å². The molecule has 0 radical (unpaired) electrons. The maximum absolute atomic E-state index is 11.0. The first-order valence-electron chi connectivity index (χ1n) is 5.62. The lowest BCUT2D eigenvalue weighted by Crippen LogP contribution is -2.02. The van der Waals surface area contributed by atoms with E-state index in [2.05, 4.69) is 5.32 Å². The van der Waals surface area contributed by atoms with Gasteiger partial charge in [0.25, 0.3) is 5.69 Å². The van der Waals surface area contributed by atoms with Gasteiger partial charge in [-0.2, -0.15) is 0 Å². The van der Waals surface area contributed by atoms with Gasteiger partial charge in [0.15, 0.2) is 0 Å². The number of nitro benzene ring substituents is 1. The molecule has 1 aromatic heterocycles. The Morgan fingerprint density at radius 1 is 1.42 bits per heavy atom. The number of hydrogen-bond donors (Lipinski definition) is 1. The Labute approximate surface area is 114 Å². The number of benzene rings is 1. The molecule has 5 nitrogen and oxygen atoms in total. The van der Waals surface area contributed by atoms with Gasteiger partial charge in [0.2, 0.25) is 0 Å². The molecule has 1 aromatic carbocycles. The van der Waals surface area contributed by atoms with Crippen LogP contribution in [0.25, 0.3) is 0 Å². The lowest BCUT2D eigenvalue weighted by atomic mass is 10.2. The summed E-state index contributed by atoms with van der Waals surface area (Å²) in [6.07, 6.45) is 0.597. The summed E-state index contributed by atoms with van der Waals surface area (Å²) in [4.78, 5) is 22.3. The highest BCUT2D eigenvalue weighted by Crippen LogP contribution is 2.26. The number of carbonyl (C=O) groups is 1. The Morgan fingerprint density at radius 3 is 2.79 bits per heavy atom. The quantitative estimate of drug-likeness (QED) is 0.516. The van der Waals surface area contributed by atoms with Gasteiger partial charge >= 0.3 is 0 Å². The summed E-state index contributed by atoms with van der Waals surface area (Å²) in [7, 11) is 0. The van der Waals surface area contributed by atoms with Gasteiger partial charge in [-0.25, -0.2) is 0 Å². The van der Waals surface area contributed by atoms with Crippen molar-refractivity contribution in [3.05, 3.63) is 55.8 Å². The van der Waals surface area contributed by atoms with Crippen LogP contribution in [0, 0.1) is 17.0 Å². The monoisotopic (exact) mass is 276 g/mol. The van der Waals surface area contributed by atoms with Crippen molar-refractivity contribution in [1.29, 1.82) is 0 Å². The lowest BCUT2D eigenvalue weighted by Gasteiger charge is -2.07. The molecule has 0 atom stereocenters. The standard InChI is InChI=1S/C13H12N2O3S/c1-9-4-5-19-13(9)7-14-11-3-2-10(8-16)6-12(11)15(17)18/h2-6,8,14H,7H2,1H3. The van der Waals surface area contributed by atoms with Crippen LogP contribution in [0.5, 0.6) is 0 Å². The number of nitrogens with one attached hydrogen (secondary N) is 1. The van der Waals surface area contributed by atoms with Crippen LogP contribution in [0.2, 0.25) is 0 Å². The molecule has 0 saturated carbocycles. The molecular weight excluding hydrogens is 264 g/mol. The molecule has 2 rings (SSSR count). The molecule has 0 saturated heterocycles. The number of aldehydes is 1. The van der Waals surface area contributed by atoms with Crippen molar-refractivity contribution in [2.24, 2.45) is 0 Å². The molecule has 1 heterocycles. The van der Waals surface area contributed by atoms with Crippen molar-refractivity contribution < 1.29 is 9.72 Å². The first-order valence-corrected chi connectivity index (χ1v) is 6.50. The van der Waals surface area contributed by atoms with Crippen LogP contribution in [0.15, 0.2) is 29.6 Å². The van der Waals surface area contributed by atoms with Gasteiger partial charge in [-0.3, -0.25) is 14.9 Å². The van der Waals surface area contributed by atoms with E-state index in [1.54, 1.807) is 23.5 Å². The third kappa shape index (κ3) is 2.97. The third-order valence-corrected chi connectivity index (χ3v) is 3.79. The van der Waals surface area contributed by atoms with Crippen LogP contribution in [0.1, 0.15) is 20.8 Å². The molecule has 19 heavy (non-hydrogen) atoms. The van der Waals surface area contributed by atoms with Crippen molar-refractivity contribution >= 4 is 29.0 Å². The number of nitro groups is 1. The largest absolute Gasteiger partial charge is 0.375 e. The predicted molar refractivity (Wildman–Crippen MR) is 74.9 cm³/mol. The Hall–Kier alpha value is -2.21. The second-order valence-electron chi connectivity index (χ2n) is 4.03. The molecule has 0 aliphatic heterocycles. The number of aryl methyl sites for hydroxylation is 1. The number of carbonyl (C=O) groups excluding carboxylic acids is 1. The highest BCUT2D eigenvalue weighted by atomic mass is 32.1. The number of hydrogen-bond acceptors (Lipinski definition) is 5. The number of rotatable bonds is 5. The fourth-order valence-electron chi connectivity index (χ4n) is 1.68. The smallest absolute Gasteiger partial charge is 0.293 e. The SMILES string of the molecule is Cc1ccsc1CNc1ccc(C=O)cc1[N+](=O)[O-]. The van der Waals surface area contributed by atoms with E-state index >= 15 is 0 Å². The molecule has 0 unspecified atom stereocenters. The molecule has 0 aliphatic rings. The highest BCUT2D eigenvalue weighted by molar-refractivity contribution is 7.10. The summed E-state index contributed by atoms with van der Waals surface area (Å²) in [5.74, 6) is 0. The summed E-state index contributed by atoms with van der Waals surface area (Å²) < 4.78 is 0. The molecule has 0 bridgehead atoms. The van der Waals surface area contributed by atoms with Crippen LogP contribution in [0.3, 0.4) is 0 Å². The van der Waals surface area contributed by atoms with Crippen molar-refractivity contribution in [2.75, 3.05) is 5.32 Å². The zero-order valence-electron chi connectivity index (χ0n) is 10.3. The van der Waals surface area contributed by atoms with E-state index in [1.165, 1.54) is 6.07 Å². The predicted octanol–water partition coefficient (Wildman–Crippen LogP) is 3.39. The summed E-state index contributed by atoms with van der Waals surface area (Å²) in [6.45, 7) is 2.53. The Kier molecular flexibility index (Phi) is 3.91. The first-order chi connectivity index (χ1) is 9.11. The Morgan fingerprint density at radius 2 is 2.21 bits per heavy atom. The maximum Gasteiger partial charge on any atom is 0.293 e. The molecule has 6 heteroatoms. The zero-order chi connectivity index (χ0) is 13.8. The average molecular weight is 276 g/mol. The van der Waals surface area contributed by atoms with Gasteiger partial charge in [0.05, 0.1) is 4.92 Å². The van der Waals surface area contributed by atoms with E-state index in [0.29, 0.717) is 24.1 Å². The van der Waals surface area contributed by atoms with E-state index in [0.717, 1.165) is 10.4 Å². The van der Waals surface area contributed by atoms with E-state index in [9.17, 15) is 14.9 Å². The summed E-state index contributed by atoms with van der Waals surface area (Å²) in [6, 6.07) is 6.40. The topological polar surface area (TPSA) is 72.2 Å². The zero-order valence-corrected chi connectivity index (χ0v) is 11.1. The highest BCUT2D eigenvalue weighted by Gasteiger charge is 2.14. The number of thiophene rings is 1. The van der Waals surface area contributed by atoms with Gasteiger partial charge in [0.1, 0.15) is 12.0 Å². The molecule has 98 valence electrons. The maximum atomic E-state index is 11.0. The van der Waals surface area contributed by atoms with E-state index < -0.39 is 4.92 Å². The van der Waals surface area contributed by atoms with Crippen LogP contribution in [-0.2, 0) is 6.54 Å². The minimum absolute atomic E-state index is 0.0844. The molecular formula is C13H12N2O3S. The molecule has 0 fully saturated rings. The van der Waals surface area contributed by atoms with Gasteiger partial charge in [-0.1, -0.05) is 0 Å². The van der Waals surface area contributed by atoms with E-state index in [4.69, 9.17) is 0 Å². The van der Waals surface area contributed by atoms with Crippen molar-refractivity contribution in [2.45, 2.75) is 13.5 Å². The fraction of sp³-hybridized carbons (Fsp3) is 0.154. The second kappa shape index (κ2) is 5.62. The molecule has 0 spiro atoms. The fourth-order valence-corrected chi connectivity index (χ4v) is 2.53.